The molecule has 0 radical (unpaired) electrons. The summed E-state index contributed by atoms with van der Waals surface area (Å²) in [6.07, 6.45) is 1.66. The maximum Gasteiger partial charge on any atom is 0.152 e. The molecular weight excluding hydrogens is 171 g/mol. The van der Waals surface area contributed by atoms with E-state index >= 15 is 0 Å². The van der Waals surface area contributed by atoms with E-state index in [1.165, 1.54) is 11.2 Å². The number of allylic oxidation sites excluding steroid dienone is 1. The third kappa shape index (κ3) is 1.42. The topological polar surface area (TPSA) is 24.5 Å². The molecule has 0 fully saturated rings. The molecule has 0 amide bonds. The van der Waals surface area contributed by atoms with Crippen LogP contribution in [0.4, 0.5) is 10.1 Å². The third-order valence-electron chi connectivity index (χ3n) is 1.69. The molecular formula is C9H9FN2O. The van der Waals surface area contributed by atoms with Gasteiger partial charge in [0.25, 0.3) is 0 Å². The number of anilines is 1. The lowest BCUT2D eigenvalue weighted by Crippen LogP contribution is -2.28. The number of para-hydroxylation sites is 1. The van der Waals surface area contributed by atoms with Crippen molar-refractivity contribution in [3.8, 4) is 0 Å². The molecule has 1 aromatic carbocycles. The minimum Gasteiger partial charge on any atom is -0.362 e. The Hall–Kier alpha value is -1.71. The highest BCUT2D eigenvalue weighted by Crippen LogP contribution is 2.20. The molecule has 0 aliphatic carbocycles. The van der Waals surface area contributed by atoms with E-state index in [0.717, 1.165) is 0 Å². The van der Waals surface area contributed by atoms with Crippen LogP contribution in [0.2, 0.25) is 0 Å². The largest absolute Gasteiger partial charge is 0.362 e. The van der Waals surface area contributed by atoms with Crippen LogP contribution in [-0.4, -0.2) is 0 Å². The molecule has 1 aliphatic rings. The number of benzene rings is 1. The first-order valence-electron chi connectivity index (χ1n) is 3.93. The first-order chi connectivity index (χ1) is 6.27. The number of hydrogen-bond acceptors (Lipinski definition) is 3. The van der Waals surface area contributed by atoms with Crippen LogP contribution in [0.25, 0.3) is 0 Å². The molecule has 13 heavy (non-hydrogen) atoms. The Kier molecular flexibility index (Phi) is 1.81. The average molecular weight is 180 g/mol. The van der Waals surface area contributed by atoms with E-state index in [1.807, 2.05) is 0 Å². The number of nitrogens with zero attached hydrogens (tertiary/aromatic N) is 1. The lowest BCUT2D eigenvalue weighted by molar-refractivity contribution is 0.190. The minimum atomic E-state index is -0.321. The molecule has 0 bridgehead atoms. The second-order valence-corrected chi connectivity index (χ2v) is 2.72. The van der Waals surface area contributed by atoms with Gasteiger partial charge in [0, 0.05) is 0 Å². The SMILES string of the molecule is CC1=CNN(c2ccccc2F)O1. The Bertz CT molecular complexity index is 351. The van der Waals surface area contributed by atoms with Gasteiger partial charge in [-0.1, -0.05) is 12.1 Å². The van der Waals surface area contributed by atoms with Crippen molar-refractivity contribution in [1.29, 1.82) is 0 Å². The summed E-state index contributed by atoms with van der Waals surface area (Å²) in [4.78, 5) is 5.17. The molecule has 0 saturated heterocycles. The molecule has 0 unspecified atom stereocenters. The van der Waals surface area contributed by atoms with Crippen LogP contribution in [0.1, 0.15) is 6.92 Å². The van der Waals surface area contributed by atoms with Crippen LogP contribution < -0.4 is 10.6 Å². The zero-order chi connectivity index (χ0) is 9.26. The maximum atomic E-state index is 13.2. The van der Waals surface area contributed by atoms with E-state index in [4.69, 9.17) is 4.84 Å². The summed E-state index contributed by atoms with van der Waals surface area (Å²) in [5, 5.41) is 1.28. The average Bonchev–Trinajstić information content (AvgIpc) is 2.53. The number of nitrogens with one attached hydrogen (secondary N) is 1. The van der Waals surface area contributed by atoms with Crippen LogP contribution in [-0.2, 0) is 4.84 Å². The van der Waals surface area contributed by atoms with Gasteiger partial charge in [0.05, 0.1) is 6.20 Å². The molecule has 0 aromatic heterocycles. The quantitative estimate of drug-likeness (QED) is 0.714. The lowest BCUT2D eigenvalue weighted by Gasteiger charge is -2.17. The summed E-state index contributed by atoms with van der Waals surface area (Å²) in [6.45, 7) is 1.79. The van der Waals surface area contributed by atoms with E-state index in [0.29, 0.717) is 11.4 Å². The van der Waals surface area contributed by atoms with Gasteiger partial charge < -0.3 is 4.84 Å². The first-order valence-corrected chi connectivity index (χ1v) is 3.93. The highest BCUT2D eigenvalue weighted by atomic mass is 19.1. The molecule has 0 spiro atoms. The Morgan fingerprint density at radius 1 is 1.38 bits per heavy atom. The van der Waals surface area contributed by atoms with Crippen LogP contribution in [0.5, 0.6) is 0 Å². The molecule has 68 valence electrons. The second-order valence-electron chi connectivity index (χ2n) is 2.72. The van der Waals surface area contributed by atoms with Crippen molar-refractivity contribution >= 4 is 5.69 Å². The van der Waals surface area contributed by atoms with Gasteiger partial charge in [-0.3, -0.25) is 5.43 Å². The number of hydrogen-bond donors (Lipinski definition) is 1. The van der Waals surface area contributed by atoms with Crippen molar-refractivity contribution in [3.05, 3.63) is 42.0 Å². The lowest BCUT2D eigenvalue weighted by atomic mass is 10.3. The number of halogens is 1. The highest BCUT2D eigenvalue weighted by Gasteiger charge is 2.15. The Labute approximate surface area is 75.3 Å². The van der Waals surface area contributed by atoms with Gasteiger partial charge in [0.15, 0.2) is 5.82 Å². The van der Waals surface area contributed by atoms with Gasteiger partial charge in [0.1, 0.15) is 11.4 Å². The van der Waals surface area contributed by atoms with Gasteiger partial charge >= 0.3 is 0 Å². The summed E-state index contributed by atoms with van der Waals surface area (Å²) in [7, 11) is 0. The summed E-state index contributed by atoms with van der Waals surface area (Å²) >= 11 is 0. The van der Waals surface area contributed by atoms with E-state index in [2.05, 4.69) is 5.43 Å². The summed E-state index contributed by atoms with van der Waals surface area (Å²) in [5.74, 6) is 0.376. The normalized spacial score (nSPS) is 14.9. The second kappa shape index (κ2) is 2.97. The smallest absolute Gasteiger partial charge is 0.152 e. The van der Waals surface area contributed by atoms with Gasteiger partial charge in [-0.15, -0.1) is 5.17 Å². The fourth-order valence-electron chi connectivity index (χ4n) is 1.08. The number of rotatable bonds is 1. The minimum absolute atomic E-state index is 0.321. The van der Waals surface area contributed by atoms with Gasteiger partial charge in [-0.25, -0.2) is 4.39 Å². The van der Waals surface area contributed by atoms with E-state index in [9.17, 15) is 4.39 Å². The third-order valence-corrected chi connectivity index (χ3v) is 1.69. The summed E-state index contributed by atoms with van der Waals surface area (Å²) in [5.41, 5.74) is 3.14. The van der Waals surface area contributed by atoms with Gasteiger partial charge in [-0.2, -0.15) is 0 Å². The predicted octanol–water partition coefficient (Wildman–Crippen LogP) is 1.94. The Balaban J connectivity index is 2.23. The molecule has 1 aromatic rings. The molecule has 3 nitrogen and oxygen atoms in total. The maximum absolute atomic E-state index is 13.2. The van der Waals surface area contributed by atoms with Crippen molar-refractivity contribution in [2.75, 3.05) is 5.17 Å². The van der Waals surface area contributed by atoms with Crippen molar-refractivity contribution in [1.82, 2.24) is 5.43 Å². The molecule has 1 heterocycles. The van der Waals surface area contributed by atoms with E-state index in [1.54, 1.807) is 31.3 Å². The van der Waals surface area contributed by atoms with Crippen molar-refractivity contribution in [2.45, 2.75) is 6.92 Å². The van der Waals surface area contributed by atoms with Crippen molar-refractivity contribution in [2.24, 2.45) is 0 Å². The highest BCUT2D eigenvalue weighted by molar-refractivity contribution is 5.45. The molecule has 0 saturated carbocycles. The molecule has 2 rings (SSSR count). The standard InChI is InChI=1S/C9H9FN2O/c1-7-6-11-12(13-7)9-5-3-2-4-8(9)10/h2-6,11H,1H3. The fourth-order valence-corrected chi connectivity index (χ4v) is 1.08. The first kappa shape index (κ1) is 7.91. The molecule has 1 N–H and O–H groups in total. The van der Waals surface area contributed by atoms with E-state index in [-0.39, 0.29) is 5.82 Å². The Morgan fingerprint density at radius 2 is 2.15 bits per heavy atom. The van der Waals surface area contributed by atoms with E-state index < -0.39 is 0 Å². The molecule has 1 aliphatic heterocycles. The zero-order valence-corrected chi connectivity index (χ0v) is 7.12. The predicted molar refractivity (Wildman–Crippen MR) is 46.9 cm³/mol. The Morgan fingerprint density at radius 3 is 2.77 bits per heavy atom. The number of hydrazine groups is 1. The van der Waals surface area contributed by atoms with Gasteiger partial charge in [0.2, 0.25) is 0 Å². The molecule has 4 heteroatoms. The van der Waals surface area contributed by atoms with Crippen molar-refractivity contribution < 1.29 is 9.23 Å². The monoisotopic (exact) mass is 180 g/mol. The van der Waals surface area contributed by atoms with Gasteiger partial charge in [-0.05, 0) is 19.1 Å². The van der Waals surface area contributed by atoms with Crippen molar-refractivity contribution in [3.63, 3.8) is 0 Å². The summed E-state index contributed by atoms with van der Waals surface area (Å²) in [6, 6.07) is 6.40. The van der Waals surface area contributed by atoms with Crippen LogP contribution in [0.3, 0.4) is 0 Å². The summed E-state index contributed by atoms with van der Waals surface area (Å²) < 4.78 is 13.2. The van der Waals surface area contributed by atoms with Crippen LogP contribution in [0, 0.1) is 5.82 Å². The van der Waals surface area contributed by atoms with Crippen LogP contribution >= 0.6 is 0 Å². The molecule has 0 atom stereocenters. The fraction of sp³-hybridized carbons (Fsp3) is 0.111. The van der Waals surface area contributed by atoms with Crippen LogP contribution in [0.15, 0.2) is 36.2 Å². The zero-order valence-electron chi connectivity index (χ0n) is 7.12.